The van der Waals surface area contributed by atoms with Crippen molar-refractivity contribution < 1.29 is 19.1 Å². The maximum absolute atomic E-state index is 12.3. The third-order valence-electron chi connectivity index (χ3n) is 4.51. The largest absolute Gasteiger partial charge is 0.497 e. The fraction of sp³-hybridized carbons (Fsp3) is 0.364. The molecular formula is C22H28N2O4. The van der Waals surface area contributed by atoms with Crippen molar-refractivity contribution in [3.63, 3.8) is 0 Å². The van der Waals surface area contributed by atoms with Crippen LogP contribution in [0.15, 0.2) is 48.5 Å². The summed E-state index contributed by atoms with van der Waals surface area (Å²) in [4.78, 5) is 26.7. The molecular weight excluding hydrogens is 356 g/mol. The van der Waals surface area contributed by atoms with Gasteiger partial charge in [0.15, 0.2) is 6.10 Å². The van der Waals surface area contributed by atoms with Gasteiger partial charge in [0.25, 0.3) is 5.91 Å². The summed E-state index contributed by atoms with van der Waals surface area (Å²) in [6.45, 7) is 7.86. The van der Waals surface area contributed by atoms with E-state index >= 15 is 0 Å². The van der Waals surface area contributed by atoms with Gasteiger partial charge in [0.2, 0.25) is 0 Å². The first kappa shape index (κ1) is 21.3. The van der Waals surface area contributed by atoms with Gasteiger partial charge in [0, 0.05) is 25.3 Å². The number of carbonyl (C=O) groups is 2. The number of methoxy groups -OCH3 is 1. The van der Waals surface area contributed by atoms with E-state index in [2.05, 4.69) is 24.1 Å². The van der Waals surface area contributed by atoms with Crippen LogP contribution in [0.5, 0.6) is 5.75 Å². The van der Waals surface area contributed by atoms with E-state index in [0.29, 0.717) is 12.1 Å². The molecule has 6 nitrogen and oxygen atoms in total. The van der Waals surface area contributed by atoms with Crippen LogP contribution in [0, 0.1) is 0 Å². The van der Waals surface area contributed by atoms with Gasteiger partial charge in [0.1, 0.15) is 5.75 Å². The average Bonchev–Trinajstić information content (AvgIpc) is 2.73. The quantitative estimate of drug-likeness (QED) is 0.671. The van der Waals surface area contributed by atoms with Crippen molar-refractivity contribution in [1.29, 1.82) is 0 Å². The van der Waals surface area contributed by atoms with E-state index in [1.54, 1.807) is 26.2 Å². The smallest absolute Gasteiger partial charge is 0.338 e. The number of nitrogens with zero attached hydrogens (tertiary/aromatic N) is 1. The Labute approximate surface area is 166 Å². The molecule has 1 amide bonds. The first-order valence-electron chi connectivity index (χ1n) is 9.45. The number of amides is 1. The molecule has 2 aromatic carbocycles. The molecule has 2 rings (SSSR count). The lowest BCUT2D eigenvalue weighted by Crippen LogP contribution is -2.35. The van der Waals surface area contributed by atoms with Crippen LogP contribution in [0.2, 0.25) is 0 Å². The highest BCUT2D eigenvalue weighted by molar-refractivity contribution is 5.92. The first-order valence-corrected chi connectivity index (χ1v) is 9.45. The number of hydrogen-bond donors (Lipinski definition) is 1. The highest BCUT2D eigenvalue weighted by Crippen LogP contribution is 2.16. The first-order chi connectivity index (χ1) is 13.5. The molecule has 0 unspecified atom stereocenters. The lowest BCUT2D eigenvalue weighted by Gasteiger charge is -2.21. The minimum atomic E-state index is -0.881. The SMILES string of the molecule is CCN(CC)c1ccc(C(=O)O[C@H](C)C(=O)NCc2ccc(OC)cc2)cc1. The second kappa shape index (κ2) is 10.3. The molecule has 0 aromatic heterocycles. The standard InChI is InChI=1S/C22H28N2O4/c1-5-24(6-2)19-11-9-18(10-12-19)22(26)28-16(3)21(25)23-15-17-7-13-20(27-4)14-8-17/h7-14,16H,5-6,15H2,1-4H3,(H,23,25)/t16-/m1/s1. The molecule has 0 bridgehead atoms. The number of nitrogens with one attached hydrogen (secondary N) is 1. The van der Waals surface area contributed by atoms with Crippen LogP contribution in [-0.4, -0.2) is 38.2 Å². The van der Waals surface area contributed by atoms with Gasteiger partial charge >= 0.3 is 5.97 Å². The average molecular weight is 384 g/mol. The summed E-state index contributed by atoms with van der Waals surface area (Å²) in [6, 6.07) is 14.6. The zero-order valence-electron chi connectivity index (χ0n) is 16.9. The Morgan fingerprint density at radius 3 is 2.14 bits per heavy atom. The van der Waals surface area contributed by atoms with Crippen molar-refractivity contribution in [2.45, 2.75) is 33.4 Å². The zero-order valence-corrected chi connectivity index (χ0v) is 16.9. The summed E-state index contributed by atoms with van der Waals surface area (Å²) < 4.78 is 10.4. The van der Waals surface area contributed by atoms with Crippen LogP contribution in [0.1, 0.15) is 36.7 Å². The molecule has 0 heterocycles. The number of ether oxygens (including phenoxy) is 2. The van der Waals surface area contributed by atoms with Crippen molar-refractivity contribution in [3.8, 4) is 5.75 Å². The van der Waals surface area contributed by atoms with Crippen LogP contribution in [0.3, 0.4) is 0 Å². The van der Waals surface area contributed by atoms with Gasteiger partial charge in [-0.05, 0) is 62.7 Å². The van der Waals surface area contributed by atoms with E-state index in [4.69, 9.17) is 9.47 Å². The van der Waals surface area contributed by atoms with Gasteiger partial charge in [-0.3, -0.25) is 4.79 Å². The fourth-order valence-corrected chi connectivity index (χ4v) is 2.76. The second-order valence-corrected chi connectivity index (χ2v) is 6.33. The minimum absolute atomic E-state index is 0.344. The van der Waals surface area contributed by atoms with E-state index in [1.807, 2.05) is 36.4 Å². The summed E-state index contributed by atoms with van der Waals surface area (Å²) in [7, 11) is 1.60. The molecule has 2 aromatic rings. The molecule has 0 radical (unpaired) electrons. The second-order valence-electron chi connectivity index (χ2n) is 6.33. The fourth-order valence-electron chi connectivity index (χ4n) is 2.76. The van der Waals surface area contributed by atoms with Crippen molar-refractivity contribution >= 4 is 17.6 Å². The molecule has 28 heavy (non-hydrogen) atoms. The maximum atomic E-state index is 12.3. The Morgan fingerprint density at radius 2 is 1.61 bits per heavy atom. The maximum Gasteiger partial charge on any atom is 0.338 e. The van der Waals surface area contributed by atoms with Crippen molar-refractivity contribution in [3.05, 3.63) is 59.7 Å². The van der Waals surface area contributed by atoms with E-state index in [9.17, 15) is 9.59 Å². The Morgan fingerprint density at radius 1 is 1.00 bits per heavy atom. The molecule has 0 aliphatic carbocycles. The van der Waals surface area contributed by atoms with E-state index < -0.39 is 12.1 Å². The van der Waals surface area contributed by atoms with E-state index in [-0.39, 0.29) is 5.91 Å². The molecule has 150 valence electrons. The van der Waals surface area contributed by atoms with E-state index in [0.717, 1.165) is 30.1 Å². The Balaban J connectivity index is 1.87. The molecule has 1 N–H and O–H groups in total. The number of esters is 1. The number of carbonyl (C=O) groups excluding carboxylic acids is 2. The summed E-state index contributed by atoms with van der Waals surface area (Å²) in [6.07, 6.45) is -0.881. The van der Waals surface area contributed by atoms with Gasteiger partial charge in [-0.1, -0.05) is 12.1 Å². The Hall–Kier alpha value is -3.02. The topological polar surface area (TPSA) is 67.9 Å². The number of anilines is 1. The lowest BCUT2D eigenvalue weighted by atomic mass is 10.2. The molecule has 0 fully saturated rings. The Kier molecular flexibility index (Phi) is 7.87. The third-order valence-corrected chi connectivity index (χ3v) is 4.51. The highest BCUT2D eigenvalue weighted by Gasteiger charge is 2.19. The summed E-state index contributed by atoms with van der Waals surface area (Å²) in [5.41, 5.74) is 2.40. The normalized spacial score (nSPS) is 11.4. The lowest BCUT2D eigenvalue weighted by molar-refractivity contribution is -0.129. The zero-order chi connectivity index (χ0) is 20.5. The number of rotatable bonds is 9. The van der Waals surface area contributed by atoms with Gasteiger partial charge in [0.05, 0.1) is 12.7 Å². The monoisotopic (exact) mass is 384 g/mol. The van der Waals surface area contributed by atoms with Gasteiger partial charge in [-0.15, -0.1) is 0 Å². The van der Waals surface area contributed by atoms with Crippen LogP contribution < -0.4 is 15.0 Å². The van der Waals surface area contributed by atoms with Crippen molar-refractivity contribution in [2.75, 3.05) is 25.1 Å². The molecule has 0 aliphatic heterocycles. The Bertz CT molecular complexity index is 768. The van der Waals surface area contributed by atoms with Crippen molar-refractivity contribution in [1.82, 2.24) is 5.32 Å². The van der Waals surface area contributed by atoms with Crippen LogP contribution in [-0.2, 0) is 16.1 Å². The number of benzene rings is 2. The predicted octanol–water partition coefficient (Wildman–Crippen LogP) is 3.40. The molecule has 0 saturated carbocycles. The summed E-state index contributed by atoms with van der Waals surface area (Å²) in [5, 5.41) is 2.77. The van der Waals surface area contributed by atoms with Gasteiger partial charge < -0.3 is 19.7 Å². The van der Waals surface area contributed by atoms with Crippen LogP contribution in [0.4, 0.5) is 5.69 Å². The van der Waals surface area contributed by atoms with E-state index in [1.165, 1.54) is 0 Å². The highest BCUT2D eigenvalue weighted by atomic mass is 16.5. The predicted molar refractivity (Wildman–Crippen MR) is 110 cm³/mol. The summed E-state index contributed by atoms with van der Waals surface area (Å²) in [5.74, 6) is -0.105. The minimum Gasteiger partial charge on any atom is -0.497 e. The molecule has 1 atom stereocenters. The third kappa shape index (κ3) is 5.74. The molecule has 0 saturated heterocycles. The van der Waals surface area contributed by atoms with Crippen molar-refractivity contribution in [2.24, 2.45) is 0 Å². The molecule has 0 spiro atoms. The summed E-state index contributed by atoms with van der Waals surface area (Å²) >= 11 is 0. The van der Waals surface area contributed by atoms with Crippen LogP contribution >= 0.6 is 0 Å². The van der Waals surface area contributed by atoms with Gasteiger partial charge in [-0.25, -0.2) is 4.79 Å². The molecule has 6 heteroatoms. The number of hydrogen-bond acceptors (Lipinski definition) is 5. The van der Waals surface area contributed by atoms with Gasteiger partial charge in [-0.2, -0.15) is 0 Å². The van der Waals surface area contributed by atoms with Crippen LogP contribution in [0.25, 0.3) is 0 Å². The molecule has 0 aliphatic rings.